The van der Waals surface area contributed by atoms with E-state index >= 15 is 0 Å². The Kier molecular flexibility index (Phi) is 10.5. The standard InChI is InChI=1S/C24H27N7O2.C5H8/c1-33-19-10-11-27-13-18(19)24(32)28-12-15-6-8-16(9-7-15)21(25)20-22(26)29-14-30-23(20)31-17-4-2-3-5-17;1-3-5-4-2/h6-11,13-14,17,25H,2-5,12H2,1H3,(H,28,32)(H3,26,29,30,31);3-5H,1H2,2H3/b;5-4-. The third kappa shape index (κ3) is 7.49. The van der Waals surface area contributed by atoms with Crippen molar-refractivity contribution in [2.75, 3.05) is 18.2 Å². The average Bonchev–Trinajstić information content (AvgIpc) is 3.46. The number of nitrogens with two attached hydrogens (primary N) is 1. The van der Waals surface area contributed by atoms with Gasteiger partial charge in [0.2, 0.25) is 0 Å². The van der Waals surface area contributed by atoms with Gasteiger partial charge < -0.3 is 21.1 Å². The first-order chi connectivity index (χ1) is 18.5. The van der Waals surface area contributed by atoms with Gasteiger partial charge in [0, 0.05) is 30.5 Å². The van der Waals surface area contributed by atoms with E-state index < -0.39 is 0 Å². The van der Waals surface area contributed by atoms with Gasteiger partial charge in [0.25, 0.3) is 5.91 Å². The molecule has 0 radical (unpaired) electrons. The molecule has 1 amide bonds. The largest absolute Gasteiger partial charge is 0.496 e. The lowest BCUT2D eigenvalue weighted by Gasteiger charge is -2.17. The lowest BCUT2D eigenvalue weighted by molar-refractivity contribution is 0.0947. The average molecular weight is 514 g/mol. The Hall–Kier alpha value is -4.53. The molecule has 9 nitrogen and oxygen atoms in total. The minimum Gasteiger partial charge on any atom is -0.496 e. The third-order valence-electron chi connectivity index (χ3n) is 6.09. The van der Waals surface area contributed by atoms with E-state index in [0.717, 1.165) is 18.4 Å². The monoisotopic (exact) mass is 513 g/mol. The molecule has 1 aromatic carbocycles. The van der Waals surface area contributed by atoms with Crippen LogP contribution in [0.4, 0.5) is 11.6 Å². The van der Waals surface area contributed by atoms with Gasteiger partial charge in [-0.2, -0.15) is 0 Å². The van der Waals surface area contributed by atoms with Gasteiger partial charge in [0.05, 0.1) is 23.9 Å². The van der Waals surface area contributed by atoms with Gasteiger partial charge in [-0.05, 0) is 31.4 Å². The van der Waals surface area contributed by atoms with Crippen molar-refractivity contribution in [2.45, 2.75) is 45.2 Å². The predicted octanol–water partition coefficient (Wildman–Crippen LogP) is 4.91. The Balaban J connectivity index is 0.000000732. The van der Waals surface area contributed by atoms with E-state index in [1.165, 1.54) is 32.5 Å². The number of rotatable bonds is 9. The third-order valence-corrected chi connectivity index (χ3v) is 6.09. The molecular formula is C29H35N7O2. The van der Waals surface area contributed by atoms with E-state index in [0.29, 0.717) is 40.8 Å². The first-order valence-corrected chi connectivity index (χ1v) is 12.5. The number of allylic oxidation sites excluding steroid dienone is 3. The van der Waals surface area contributed by atoms with E-state index in [2.05, 4.69) is 32.2 Å². The van der Waals surface area contributed by atoms with Crippen LogP contribution in [0, 0.1) is 5.41 Å². The van der Waals surface area contributed by atoms with Gasteiger partial charge in [-0.1, -0.05) is 61.9 Å². The Morgan fingerprint density at radius 2 is 1.95 bits per heavy atom. The molecule has 0 aliphatic heterocycles. The quantitative estimate of drug-likeness (QED) is 0.235. The highest BCUT2D eigenvalue weighted by Gasteiger charge is 2.21. The lowest BCUT2D eigenvalue weighted by atomic mass is 10.0. The number of methoxy groups -OCH3 is 1. The van der Waals surface area contributed by atoms with Crippen molar-refractivity contribution in [3.05, 3.63) is 96.1 Å². The predicted molar refractivity (Wildman–Crippen MR) is 152 cm³/mol. The minimum absolute atomic E-state index is 0.254. The summed E-state index contributed by atoms with van der Waals surface area (Å²) in [5.74, 6) is 1.07. The number of pyridine rings is 1. The van der Waals surface area contributed by atoms with Crippen LogP contribution in [0.1, 0.15) is 59.7 Å². The molecule has 2 aromatic heterocycles. The van der Waals surface area contributed by atoms with Crippen molar-refractivity contribution in [1.82, 2.24) is 20.3 Å². The van der Waals surface area contributed by atoms with E-state index in [1.54, 1.807) is 18.3 Å². The van der Waals surface area contributed by atoms with Crippen LogP contribution in [0.5, 0.6) is 5.75 Å². The molecule has 1 aliphatic carbocycles. The van der Waals surface area contributed by atoms with Crippen LogP contribution in [0.2, 0.25) is 0 Å². The van der Waals surface area contributed by atoms with Gasteiger partial charge in [-0.3, -0.25) is 15.2 Å². The first-order valence-electron chi connectivity index (χ1n) is 12.5. The maximum Gasteiger partial charge on any atom is 0.256 e. The molecule has 0 spiro atoms. The van der Waals surface area contributed by atoms with Crippen molar-refractivity contribution in [3.63, 3.8) is 0 Å². The smallest absolute Gasteiger partial charge is 0.256 e. The summed E-state index contributed by atoms with van der Waals surface area (Å²) in [5.41, 5.74) is 8.85. The summed E-state index contributed by atoms with van der Waals surface area (Å²) in [6.07, 6.45) is 14.6. The summed E-state index contributed by atoms with van der Waals surface area (Å²) in [5, 5.41) is 15.0. The van der Waals surface area contributed by atoms with Crippen LogP contribution in [0.15, 0.2) is 73.9 Å². The number of nitrogen functional groups attached to an aromatic ring is 1. The highest BCUT2D eigenvalue weighted by atomic mass is 16.5. The van der Waals surface area contributed by atoms with Crippen LogP contribution >= 0.6 is 0 Å². The topological polar surface area (TPSA) is 139 Å². The van der Waals surface area contributed by atoms with Crippen molar-refractivity contribution in [2.24, 2.45) is 0 Å². The number of nitrogens with one attached hydrogen (secondary N) is 3. The molecule has 9 heteroatoms. The molecule has 0 unspecified atom stereocenters. The molecular weight excluding hydrogens is 478 g/mol. The summed E-state index contributed by atoms with van der Waals surface area (Å²) >= 11 is 0. The van der Waals surface area contributed by atoms with E-state index in [-0.39, 0.29) is 17.4 Å². The summed E-state index contributed by atoms with van der Waals surface area (Å²) in [7, 11) is 1.51. The molecule has 1 saturated carbocycles. The Morgan fingerprint density at radius 1 is 1.21 bits per heavy atom. The van der Waals surface area contributed by atoms with E-state index in [1.807, 2.05) is 43.3 Å². The molecule has 0 saturated heterocycles. The fourth-order valence-corrected chi connectivity index (χ4v) is 4.10. The van der Waals surface area contributed by atoms with Gasteiger partial charge in [0.1, 0.15) is 23.7 Å². The zero-order chi connectivity index (χ0) is 27.3. The van der Waals surface area contributed by atoms with Crippen LogP contribution in [0.3, 0.4) is 0 Å². The number of anilines is 2. The number of benzene rings is 1. The number of aromatic nitrogens is 3. The molecule has 0 bridgehead atoms. The molecule has 38 heavy (non-hydrogen) atoms. The lowest BCUT2D eigenvalue weighted by Crippen LogP contribution is -2.23. The van der Waals surface area contributed by atoms with E-state index in [9.17, 15) is 4.79 Å². The minimum atomic E-state index is -0.270. The highest BCUT2D eigenvalue weighted by molar-refractivity contribution is 6.16. The van der Waals surface area contributed by atoms with Gasteiger partial charge in [-0.15, -0.1) is 0 Å². The fourth-order valence-electron chi connectivity index (χ4n) is 4.10. The maximum absolute atomic E-state index is 12.5. The Labute approximate surface area is 223 Å². The second-order valence-corrected chi connectivity index (χ2v) is 8.70. The summed E-state index contributed by atoms with van der Waals surface area (Å²) in [6, 6.07) is 9.39. The summed E-state index contributed by atoms with van der Waals surface area (Å²) in [4.78, 5) is 24.9. The molecule has 3 aromatic rings. The molecule has 4 rings (SSSR count). The number of carbonyl (C=O) groups is 1. The van der Waals surface area contributed by atoms with Crippen LogP contribution in [-0.4, -0.2) is 39.7 Å². The zero-order valence-corrected chi connectivity index (χ0v) is 21.9. The van der Waals surface area contributed by atoms with Gasteiger partial charge >= 0.3 is 0 Å². The normalized spacial score (nSPS) is 12.9. The maximum atomic E-state index is 12.5. The number of amides is 1. The SMILES string of the molecule is C=C/C=C\C.COc1ccncc1C(=O)NCc1ccc(C(=N)c2c(N)ncnc2NC2CCCC2)cc1. The zero-order valence-electron chi connectivity index (χ0n) is 21.9. The first kappa shape index (κ1) is 28.0. The fraction of sp³-hybridized carbons (Fsp3) is 0.276. The Bertz CT molecular complexity index is 1270. The van der Waals surface area contributed by atoms with Crippen molar-refractivity contribution in [3.8, 4) is 5.75 Å². The second-order valence-electron chi connectivity index (χ2n) is 8.70. The summed E-state index contributed by atoms with van der Waals surface area (Å²) in [6.45, 7) is 5.75. The highest BCUT2D eigenvalue weighted by Crippen LogP contribution is 2.26. The molecule has 1 aliphatic rings. The molecule has 2 heterocycles. The number of ether oxygens (including phenoxy) is 1. The molecule has 0 atom stereocenters. The second kappa shape index (κ2) is 14.3. The summed E-state index contributed by atoms with van der Waals surface area (Å²) < 4.78 is 5.21. The van der Waals surface area contributed by atoms with E-state index in [4.69, 9.17) is 15.9 Å². The number of nitrogens with zero attached hydrogens (tertiary/aromatic N) is 3. The molecule has 5 N–H and O–H groups in total. The number of hydrogen-bond acceptors (Lipinski definition) is 8. The molecule has 1 fully saturated rings. The molecule has 198 valence electrons. The van der Waals surface area contributed by atoms with Crippen molar-refractivity contribution < 1.29 is 9.53 Å². The van der Waals surface area contributed by atoms with Crippen LogP contribution in [0.25, 0.3) is 0 Å². The Morgan fingerprint density at radius 3 is 2.58 bits per heavy atom. The number of hydrogen-bond donors (Lipinski definition) is 4. The van der Waals surface area contributed by atoms with Crippen LogP contribution in [-0.2, 0) is 6.54 Å². The number of carbonyl (C=O) groups excluding carboxylic acids is 1. The van der Waals surface area contributed by atoms with Crippen LogP contribution < -0.4 is 21.1 Å². The van der Waals surface area contributed by atoms with Crippen molar-refractivity contribution in [1.29, 1.82) is 5.41 Å². The van der Waals surface area contributed by atoms with Gasteiger partial charge in [-0.25, -0.2) is 9.97 Å². The van der Waals surface area contributed by atoms with Crippen molar-refractivity contribution >= 4 is 23.3 Å². The van der Waals surface area contributed by atoms with Gasteiger partial charge in [0.15, 0.2) is 0 Å².